The number of benzene rings is 1. The zero-order chi connectivity index (χ0) is 15.2. The largest absolute Gasteiger partial charge is 0.497 e. The van der Waals surface area contributed by atoms with Crippen molar-refractivity contribution in [3.63, 3.8) is 0 Å². The minimum absolute atomic E-state index is 0.652. The van der Waals surface area contributed by atoms with Gasteiger partial charge in [-0.05, 0) is 24.6 Å². The molecule has 0 unspecified atom stereocenters. The lowest BCUT2D eigenvalue weighted by Crippen LogP contribution is -2.14. The van der Waals surface area contributed by atoms with Crippen molar-refractivity contribution in [3.05, 3.63) is 41.2 Å². The summed E-state index contributed by atoms with van der Waals surface area (Å²) in [7, 11) is 1.66. The maximum Gasteiger partial charge on any atom is 0.148 e. The van der Waals surface area contributed by atoms with Crippen molar-refractivity contribution in [2.24, 2.45) is 5.84 Å². The number of ether oxygens (including phenoxy) is 1. The molecule has 1 aromatic carbocycles. The molecule has 2 aromatic rings. The third kappa shape index (κ3) is 3.61. The summed E-state index contributed by atoms with van der Waals surface area (Å²) in [4.78, 5) is 8.85. The van der Waals surface area contributed by atoms with Crippen molar-refractivity contribution in [3.8, 4) is 5.75 Å². The van der Waals surface area contributed by atoms with Gasteiger partial charge in [-0.3, -0.25) is 0 Å². The van der Waals surface area contributed by atoms with E-state index >= 15 is 0 Å². The van der Waals surface area contributed by atoms with Gasteiger partial charge in [0.2, 0.25) is 0 Å². The summed E-state index contributed by atoms with van der Waals surface area (Å²) >= 11 is 0. The monoisotopic (exact) mass is 287 g/mol. The van der Waals surface area contributed by atoms with Crippen molar-refractivity contribution in [2.75, 3.05) is 17.9 Å². The first kappa shape index (κ1) is 15.1. The fourth-order valence-corrected chi connectivity index (χ4v) is 1.96. The van der Waals surface area contributed by atoms with Gasteiger partial charge < -0.3 is 15.5 Å². The molecule has 0 saturated carbocycles. The molecule has 0 aliphatic carbocycles. The third-order valence-corrected chi connectivity index (χ3v) is 3.26. The van der Waals surface area contributed by atoms with Crippen LogP contribution in [0.1, 0.15) is 23.9 Å². The number of nitrogens with zero attached hydrogens (tertiary/aromatic N) is 2. The molecule has 2 rings (SSSR count). The Morgan fingerprint density at radius 2 is 1.81 bits per heavy atom. The van der Waals surface area contributed by atoms with Gasteiger partial charge in [0, 0.05) is 18.5 Å². The molecule has 6 heteroatoms. The molecule has 0 bridgehead atoms. The summed E-state index contributed by atoms with van der Waals surface area (Å²) < 4.78 is 5.15. The predicted octanol–water partition coefficient (Wildman–Crippen LogP) is 2.25. The van der Waals surface area contributed by atoms with E-state index in [1.165, 1.54) is 0 Å². The van der Waals surface area contributed by atoms with E-state index in [-0.39, 0.29) is 0 Å². The summed E-state index contributed by atoms with van der Waals surface area (Å²) in [6.07, 6.45) is 0.756. The highest BCUT2D eigenvalue weighted by molar-refractivity contribution is 5.56. The number of anilines is 2. The second-order valence-corrected chi connectivity index (χ2v) is 4.66. The van der Waals surface area contributed by atoms with E-state index in [1.54, 1.807) is 7.11 Å². The summed E-state index contributed by atoms with van der Waals surface area (Å²) in [6.45, 7) is 4.62. The lowest BCUT2D eigenvalue weighted by atomic mass is 10.2. The van der Waals surface area contributed by atoms with Gasteiger partial charge in [0.15, 0.2) is 0 Å². The molecule has 0 aliphatic rings. The van der Waals surface area contributed by atoms with E-state index < -0.39 is 0 Å². The quantitative estimate of drug-likeness (QED) is 0.558. The second-order valence-electron chi connectivity index (χ2n) is 4.66. The van der Waals surface area contributed by atoms with Crippen molar-refractivity contribution >= 4 is 11.6 Å². The van der Waals surface area contributed by atoms with Crippen LogP contribution in [0.2, 0.25) is 0 Å². The molecule has 1 heterocycles. The minimum Gasteiger partial charge on any atom is -0.497 e. The number of nitrogens with one attached hydrogen (secondary N) is 2. The Hall–Kier alpha value is -2.34. The number of nitrogen functional groups attached to an aromatic ring is 1. The molecule has 1 aromatic heterocycles. The average Bonchev–Trinajstić information content (AvgIpc) is 2.54. The van der Waals surface area contributed by atoms with Gasteiger partial charge in [-0.15, -0.1) is 0 Å². The average molecular weight is 287 g/mol. The van der Waals surface area contributed by atoms with Crippen molar-refractivity contribution in [1.82, 2.24) is 9.97 Å². The Morgan fingerprint density at radius 1 is 1.14 bits per heavy atom. The SMILES string of the molecule is CCc1nc(NN)c(C)c(NCc2ccc(OC)cc2)n1. The molecule has 0 fully saturated rings. The summed E-state index contributed by atoms with van der Waals surface area (Å²) in [5, 5.41) is 3.33. The smallest absolute Gasteiger partial charge is 0.148 e. The van der Waals surface area contributed by atoms with E-state index in [0.717, 1.165) is 34.9 Å². The lowest BCUT2D eigenvalue weighted by molar-refractivity contribution is 0.414. The number of hydrogen-bond donors (Lipinski definition) is 3. The number of methoxy groups -OCH3 is 1. The predicted molar refractivity (Wildman–Crippen MR) is 84.3 cm³/mol. The van der Waals surface area contributed by atoms with Crippen LogP contribution in [0, 0.1) is 6.92 Å². The molecule has 0 atom stereocenters. The molecule has 0 saturated heterocycles. The normalized spacial score (nSPS) is 10.3. The highest BCUT2D eigenvalue weighted by atomic mass is 16.5. The van der Waals surface area contributed by atoms with E-state index in [4.69, 9.17) is 10.6 Å². The Morgan fingerprint density at radius 3 is 2.38 bits per heavy atom. The van der Waals surface area contributed by atoms with Gasteiger partial charge in [0.05, 0.1) is 7.11 Å². The minimum atomic E-state index is 0.652. The summed E-state index contributed by atoms with van der Waals surface area (Å²) in [5.74, 6) is 8.55. The second kappa shape index (κ2) is 6.90. The molecular formula is C15H21N5O. The Kier molecular flexibility index (Phi) is 4.94. The van der Waals surface area contributed by atoms with Crippen molar-refractivity contribution in [2.45, 2.75) is 26.8 Å². The molecule has 112 valence electrons. The maximum atomic E-state index is 5.50. The van der Waals surface area contributed by atoms with E-state index in [1.807, 2.05) is 38.1 Å². The van der Waals surface area contributed by atoms with E-state index in [9.17, 15) is 0 Å². The zero-order valence-electron chi connectivity index (χ0n) is 12.6. The Bertz CT molecular complexity index is 598. The van der Waals surface area contributed by atoms with Crippen LogP contribution in [-0.4, -0.2) is 17.1 Å². The van der Waals surface area contributed by atoms with Gasteiger partial charge >= 0.3 is 0 Å². The van der Waals surface area contributed by atoms with Crippen LogP contribution in [0.25, 0.3) is 0 Å². The highest BCUT2D eigenvalue weighted by Crippen LogP contribution is 2.20. The van der Waals surface area contributed by atoms with Crippen molar-refractivity contribution < 1.29 is 4.74 Å². The first-order chi connectivity index (χ1) is 10.2. The number of aryl methyl sites for hydroxylation is 1. The third-order valence-electron chi connectivity index (χ3n) is 3.26. The number of hydrazine groups is 1. The van der Waals surface area contributed by atoms with Crippen LogP contribution < -0.4 is 21.3 Å². The van der Waals surface area contributed by atoms with Crippen LogP contribution in [0.5, 0.6) is 5.75 Å². The van der Waals surface area contributed by atoms with Gasteiger partial charge in [-0.25, -0.2) is 15.8 Å². The number of nitrogens with two attached hydrogens (primary N) is 1. The van der Waals surface area contributed by atoms with E-state index in [0.29, 0.717) is 12.4 Å². The van der Waals surface area contributed by atoms with Gasteiger partial charge in [0.1, 0.15) is 23.2 Å². The molecule has 6 nitrogen and oxygen atoms in total. The lowest BCUT2D eigenvalue weighted by Gasteiger charge is -2.13. The van der Waals surface area contributed by atoms with Crippen LogP contribution >= 0.6 is 0 Å². The summed E-state index contributed by atoms with van der Waals surface area (Å²) in [6, 6.07) is 7.92. The van der Waals surface area contributed by atoms with Gasteiger partial charge in [0.25, 0.3) is 0 Å². The van der Waals surface area contributed by atoms with Crippen LogP contribution in [0.4, 0.5) is 11.6 Å². The fourth-order valence-electron chi connectivity index (χ4n) is 1.96. The molecule has 21 heavy (non-hydrogen) atoms. The number of aromatic nitrogens is 2. The van der Waals surface area contributed by atoms with Crippen molar-refractivity contribution in [1.29, 1.82) is 0 Å². The highest BCUT2D eigenvalue weighted by Gasteiger charge is 2.09. The number of hydrogen-bond acceptors (Lipinski definition) is 6. The van der Waals surface area contributed by atoms with Crippen LogP contribution in [0.15, 0.2) is 24.3 Å². The van der Waals surface area contributed by atoms with E-state index in [2.05, 4.69) is 20.7 Å². The van der Waals surface area contributed by atoms with Gasteiger partial charge in [-0.1, -0.05) is 19.1 Å². The first-order valence-electron chi connectivity index (χ1n) is 6.88. The van der Waals surface area contributed by atoms with Gasteiger partial charge in [-0.2, -0.15) is 0 Å². The Labute approximate surface area is 124 Å². The molecule has 4 N–H and O–H groups in total. The zero-order valence-corrected chi connectivity index (χ0v) is 12.6. The first-order valence-corrected chi connectivity index (χ1v) is 6.88. The van der Waals surface area contributed by atoms with Crippen LogP contribution in [0.3, 0.4) is 0 Å². The summed E-state index contributed by atoms with van der Waals surface area (Å²) in [5.41, 5.74) is 4.67. The Balaban J connectivity index is 2.14. The molecule has 0 radical (unpaired) electrons. The van der Waals surface area contributed by atoms with Crippen LogP contribution in [-0.2, 0) is 13.0 Å². The standard InChI is InChI=1S/C15H21N5O/c1-4-13-18-14(10(2)15(19-13)20-16)17-9-11-5-7-12(21-3)8-6-11/h5-8H,4,9,16H2,1-3H3,(H2,17,18,19,20). The number of rotatable bonds is 6. The molecule has 0 spiro atoms. The maximum absolute atomic E-state index is 5.50. The fraction of sp³-hybridized carbons (Fsp3) is 0.333. The molecule has 0 aliphatic heterocycles. The molecular weight excluding hydrogens is 266 g/mol. The molecule has 0 amide bonds. The topological polar surface area (TPSA) is 85.1 Å².